The van der Waals surface area contributed by atoms with Crippen LogP contribution in [0.15, 0.2) is 22.8 Å². The second-order valence-electron chi connectivity index (χ2n) is 2.46. The molecule has 0 spiro atoms. The molecule has 66 valence electrons. The lowest BCUT2D eigenvalue weighted by molar-refractivity contribution is 0.476. The lowest BCUT2D eigenvalue weighted by atomic mass is 10.3. The maximum absolute atomic E-state index is 9.57. The third-order valence-electron chi connectivity index (χ3n) is 1.61. The SMILES string of the molecule is Oc1c(Br)cnc2ccc(Cl)nc12. The average Bonchev–Trinajstić information content (AvgIpc) is 2.12. The van der Waals surface area contributed by atoms with Gasteiger partial charge in [0, 0.05) is 6.20 Å². The lowest BCUT2D eigenvalue weighted by Crippen LogP contribution is -1.84. The molecule has 0 aromatic carbocycles. The van der Waals surface area contributed by atoms with Crippen molar-refractivity contribution in [1.29, 1.82) is 0 Å². The van der Waals surface area contributed by atoms with Crippen LogP contribution < -0.4 is 0 Å². The average molecular weight is 259 g/mol. The molecule has 3 nitrogen and oxygen atoms in total. The van der Waals surface area contributed by atoms with Gasteiger partial charge in [0.05, 0.1) is 9.99 Å². The van der Waals surface area contributed by atoms with Crippen molar-refractivity contribution in [3.8, 4) is 5.75 Å². The fourth-order valence-corrected chi connectivity index (χ4v) is 1.44. The van der Waals surface area contributed by atoms with E-state index in [9.17, 15) is 5.11 Å². The van der Waals surface area contributed by atoms with Crippen LogP contribution in [0.3, 0.4) is 0 Å². The molecule has 0 amide bonds. The van der Waals surface area contributed by atoms with Crippen LogP contribution in [0, 0.1) is 0 Å². The molecular weight excluding hydrogens is 255 g/mol. The maximum atomic E-state index is 9.57. The van der Waals surface area contributed by atoms with Crippen LogP contribution in [-0.4, -0.2) is 15.1 Å². The van der Waals surface area contributed by atoms with Gasteiger partial charge in [-0.3, -0.25) is 4.98 Å². The Kier molecular flexibility index (Phi) is 2.09. The molecule has 2 heterocycles. The third kappa shape index (κ3) is 1.47. The highest BCUT2D eigenvalue weighted by Crippen LogP contribution is 2.29. The molecule has 0 radical (unpaired) electrons. The Morgan fingerprint density at radius 2 is 2.15 bits per heavy atom. The fraction of sp³-hybridized carbons (Fsp3) is 0. The van der Waals surface area contributed by atoms with Crippen LogP contribution in [0.2, 0.25) is 5.15 Å². The van der Waals surface area contributed by atoms with Crippen LogP contribution in [0.1, 0.15) is 0 Å². The topological polar surface area (TPSA) is 46.0 Å². The third-order valence-corrected chi connectivity index (χ3v) is 2.40. The van der Waals surface area contributed by atoms with Gasteiger partial charge in [-0.1, -0.05) is 11.6 Å². The summed E-state index contributed by atoms with van der Waals surface area (Å²) in [5.41, 5.74) is 1.02. The number of hydrogen-bond donors (Lipinski definition) is 1. The minimum Gasteiger partial charge on any atom is -0.504 e. The highest BCUT2D eigenvalue weighted by molar-refractivity contribution is 9.10. The Morgan fingerprint density at radius 1 is 1.38 bits per heavy atom. The van der Waals surface area contributed by atoms with Crippen molar-refractivity contribution in [2.45, 2.75) is 0 Å². The van der Waals surface area contributed by atoms with Gasteiger partial charge in [0.2, 0.25) is 0 Å². The van der Waals surface area contributed by atoms with Crippen molar-refractivity contribution < 1.29 is 5.11 Å². The van der Waals surface area contributed by atoms with Crippen molar-refractivity contribution in [2.24, 2.45) is 0 Å². The first-order valence-electron chi connectivity index (χ1n) is 3.48. The number of pyridine rings is 2. The zero-order valence-electron chi connectivity index (χ0n) is 6.33. The molecule has 0 fully saturated rings. The van der Waals surface area contributed by atoms with Crippen LogP contribution in [0.5, 0.6) is 5.75 Å². The van der Waals surface area contributed by atoms with Crippen LogP contribution >= 0.6 is 27.5 Å². The molecule has 0 aliphatic rings. The Balaban J connectivity index is 2.89. The molecule has 1 N–H and O–H groups in total. The summed E-state index contributed by atoms with van der Waals surface area (Å²) in [4.78, 5) is 8.01. The van der Waals surface area contributed by atoms with E-state index in [1.165, 1.54) is 6.20 Å². The second kappa shape index (κ2) is 3.12. The van der Waals surface area contributed by atoms with E-state index in [1.807, 2.05) is 0 Å². The van der Waals surface area contributed by atoms with E-state index in [4.69, 9.17) is 11.6 Å². The zero-order valence-corrected chi connectivity index (χ0v) is 8.67. The predicted molar refractivity (Wildman–Crippen MR) is 53.9 cm³/mol. The van der Waals surface area contributed by atoms with Crippen molar-refractivity contribution in [3.05, 3.63) is 28.0 Å². The molecule has 2 rings (SSSR count). The molecule has 0 unspecified atom stereocenters. The summed E-state index contributed by atoms with van der Waals surface area (Å²) in [6.45, 7) is 0. The Labute approximate surface area is 87.5 Å². The lowest BCUT2D eigenvalue weighted by Gasteiger charge is -2.00. The van der Waals surface area contributed by atoms with Gasteiger partial charge in [-0.25, -0.2) is 4.98 Å². The molecule has 0 saturated heterocycles. The van der Waals surface area contributed by atoms with Gasteiger partial charge in [0.15, 0.2) is 5.75 Å². The Bertz CT molecular complexity index is 470. The quantitative estimate of drug-likeness (QED) is 0.740. The van der Waals surface area contributed by atoms with E-state index in [0.717, 1.165) is 0 Å². The number of aromatic hydroxyl groups is 1. The van der Waals surface area contributed by atoms with Gasteiger partial charge in [-0.05, 0) is 28.1 Å². The van der Waals surface area contributed by atoms with Crippen molar-refractivity contribution in [1.82, 2.24) is 9.97 Å². The number of hydrogen-bond acceptors (Lipinski definition) is 3. The first kappa shape index (κ1) is 8.72. The highest BCUT2D eigenvalue weighted by atomic mass is 79.9. The number of nitrogens with zero attached hydrogens (tertiary/aromatic N) is 2. The molecule has 5 heteroatoms. The normalized spacial score (nSPS) is 10.6. The highest BCUT2D eigenvalue weighted by Gasteiger charge is 2.06. The summed E-state index contributed by atoms with van der Waals surface area (Å²) in [6.07, 6.45) is 1.52. The van der Waals surface area contributed by atoms with E-state index in [-0.39, 0.29) is 5.75 Å². The number of aromatic nitrogens is 2. The maximum Gasteiger partial charge on any atom is 0.159 e. The molecule has 0 saturated carbocycles. The molecular formula is C8H4BrClN2O. The number of rotatable bonds is 0. The van der Waals surface area contributed by atoms with E-state index in [2.05, 4.69) is 25.9 Å². The van der Waals surface area contributed by atoms with Gasteiger partial charge in [0.25, 0.3) is 0 Å². The van der Waals surface area contributed by atoms with Gasteiger partial charge in [-0.2, -0.15) is 0 Å². The van der Waals surface area contributed by atoms with Gasteiger partial charge in [0.1, 0.15) is 10.7 Å². The Morgan fingerprint density at radius 3 is 2.92 bits per heavy atom. The molecule has 0 atom stereocenters. The summed E-state index contributed by atoms with van der Waals surface area (Å²) in [5, 5.41) is 9.91. The summed E-state index contributed by atoms with van der Waals surface area (Å²) >= 11 is 8.82. The first-order chi connectivity index (χ1) is 6.18. The summed E-state index contributed by atoms with van der Waals surface area (Å²) < 4.78 is 0.509. The molecule has 2 aromatic rings. The number of fused-ring (bicyclic) bond motifs is 1. The summed E-state index contributed by atoms with van der Waals surface area (Å²) in [5.74, 6) is 0.0625. The number of halogens is 2. The standard InChI is InChI=1S/C8H4BrClN2O/c9-4-3-11-5-1-2-6(10)12-7(5)8(4)13/h1-3H,(H,11,13). The second-order valence-corrected chi connectivity index (χ2v) is 3.70. The summed E-state index contributed by atoms with van der Waals surface area (Å²) in [7, 11) is 0. The zero-order chi connectivity index (χ0) is 9.42. The van der Waals surface area contributed by atoms with Gasteiger partial charge < -0.3 is 5.11 Å². The van der Waals surface area contributed by atoms with Crippen LogP contribution in [-0.2, 0) is 0 Å². The smallest absolute Gasteiger partial charge is 0.159 e. The van der Waals surface area contributed by atoms with Crippen molar-refractivity contribution in [2.75, 3.05) is 0 Å². The minimum absolute atomic E-state index is 0.0625. The molecule has 13 heavy (non-hydrogen) atoms. The summed E-state index contributed by atoms with van der Waals surface area (Å²) in [6, 6.07) is 3.33. The molecule has 0 bridgehead atoms. The largest absolute Gasteiger partial charge is 0.504 e. The van der Waals surface area contributed by atoms with Gasteiger partial charge in [-0.15, -0.1) is 0 Å². The van der Waals surface area contributed by atoms with Crippen molar-refractivity contribution >= 4 is 38.6 Å². The fourth-order valence-electron chi connectivity index (χ4n) is 1.01. The van der Waals surface area contributed by atoms with Gasteiger partial charge >= 0.3 is 0 Å². The molecule has 0 aliphatic heterocycles. The minimum atomic E-state index is 0.0625. The van der Waals surface area contributed by atoms with E-state index < -0.39 is 0 Å². The molecule has 0 aliphatic carbocycles. The van der Waals surface area contributed by atoms with Crippen molar-refractivity contribution in [3.63, 3.8) is 0 Å². The van der Waals surface area contributed by atoms with Crippen LogP contribution in [0.25, 0.3) is 11.0 Å². The monoisotopic (exact) mass is 258 g/mol. The van der Waals surface area contributed by atoms with Crippen LogP contribution in [0.4, 0.5) is 0 Å². The van der Waals surface area contributed by atoms with E-state index in [1.54, 1.807) is 12.1 Å². The van der Waals surface area contributed by atoms with E-state index in [0.29, 0.717) is 20.7 Å². The van der Waals surface area contributed by atoms with E-state index >= 15 is 0 Å². The predicted octanol–water partition coefficient (Wildman–Crippen LogP) is 2.75. The first-order valence-corrected chi connectivity index (χ1v) is 4.65. The molecule has 2 aromatic heterocycles. The Hall–Kier alpha value is -0.870.